The van der Waals surface area contributed by atoms with Gasteiger partial charge in [-0.1, -0.05) is 6.92 Å². The molecule has 0 aliphatic carbocycles. The van der Waals surface area contributed by atoms with Gasteiger partial charge in [-0.3, -0.25) is 19.4 Å². The second kappa shape index (κ2) is 10.1. The molecule has 2 heterocycles. The number of hydrogen-bond donors (Lipinski definition) is 1. The molecule has 1 aromatic heterocycles. The second-order valence-corrected chi connectivity index (χ2v) is 6.09. The van der Waals surface area contributed by atoms with Crippen LogP contribution in [0.3, 0.4) is 0 Å². The maximum Gasteiger partial charge on any atom is 0.325 e. The van der Waals surface area contributed by atoms with Gasteiger partial charge in [-0.05, 0) is 6.92 Å². The first-order chi connectivity index (χ1) is 12.1. The first-order valence-corrected chi connectivity index (χ1v) is 8.99. The zero-order chi connectivity index (χ0) is 18.1. The molecule has 1 aromatic rings. The Hall–Kier alpha value is -1.93. The number of carbonyl (C=O) groups is 2. The van der Waals surface area contributed by atoms with Gasteiger partial charge in [0.2, 0.25) is 5.91 Å². The van der Waals surface area contributed by atoms with Gasteiger partial charge < -0.3 is 14.6 Å². The summed E-state index contributed by atoms with van der Waals surface area (Å²) in [5.41, 5.74) is 0. The van der Waals surface area contributed by atoms with E-state index in [4.69, 9.17) is 4.74 Å². The molecule has 0 spiro atoms. The highest BCUT2D eigenvalue weighted by atomic mass is 16.5. The van der Waals surface area contributed by atoms with Crippen molar-refractivity contribution in [2.24, 2.45) is 0 Å². The van der Waals surface area contributed by atoms with Crippen molar-refractivity contribution in [2.45, 2.75) is 26.8 Å². The largest absolute Gasteiger partial charge is 0.465 e. The molecule has 1 N–H and O–H groups in total. The summed E-state index contributed by atoms with van der Waals surface area (Å²) in [5.74, 6) is 0.594. The average Bonchev–Trinajstić information content (AvgIpc) is 3.07. The van der Waals surface area contributed by atoms with Gasteiger partial charge in [0, 0.05) is 58.1 Å². The van der Waals surface area contributed by atoms with E-state index in [9.17, 15) is 9.59 Å². The standard InChI is InChI=1S/C17H29N5O3/c1-3-15-18-5-6-22(15)12-11-20-7-9-21(10-8-20)14-16(23)19-13-17(24)25-4-2/h5-6H,3-4,7-14H2,1-2H3,(H,19,23). The van der Waals surface area contributed by atoms with Crippen LogP contribution < -0.4 is 5.32 Å². The summed E-state index contributed by atoms with van der Waals surface area (Å²) in [6.45, 7) is 10.0. The Balaban J connectivity index is 1.62. The third kappa shape index (κ3) is 6.47. The van der Waals surface area contributed by atoms with Gasteiger partial charge >= 0.3 is 5.97 Å². The molecule has 25 heavy (non-hydrogen) atoms. The van der Waals surface area contributed by atoms with Crippen LogP contribution in [-0.2, 0) is 27.3 Å². The second-order valence-electron chi connectivity index (χ2n) is 6.09. The molecular weight excluding hydrogens is 322 g/mol. The van der Waals surface area contributed by atoms with Crippen molar-refractivity contribution >= 4 is 11.9 Å². The van der Waals surface area contributed by atoms with Crippen molar-refractivity contribution in [3.63, 3.8) is 0 Å². The molecule has 2 rings (SSSR count). The van der Waals surface area contributed by atoms with Crippen LogP contribution in [0.1, 0.15) is 19.7 Å². The van der Waals surface area contributed by atoms with Gasteiger partial charge in [0.15, 0.2) is 0 Å². The maximum atomic E-state index is 11.9. The highest BCUT2D eigenvalue weighted by Crippen LogP contribution is 2.04. The van der Waals surface area contributed by atoms with Gasteiger partial charge in [-0.15, -0.1) is 0 Å². The topological polar surface area (TPSA) is 79.7 Å². The Kier molecular flexibility index (Phi) is 7.87. The monoisotopic (exact) mass is 351 g/mol. The van der Waals surface area contributed by atoms with E-state index < -0.39 is 5.97 Å². The van der Waals surface area contributed by atoms with Crippen LogP contribution in [-0.4, -0.2) is 83.6 Å². The van der Waals surface area contributed by atoms with E-state index in [2.05, 4.69) is 31.6 Å². The number of esters is 1. The number of carbonyl (C=O) groups excluding carboxylic acids is 2. The molecule has 8 heteroatoms. The van der Waals surface area contributed by atoms with Crippen molar-refractivity contribution in [2.75, 3.05) is 52.4 Å². The molecule has 1 fully saturated rings. The normalized spacial score (nSPS) is 15.9. The highest BCUT2D eigenvalue weighted by Gasteiger charge is 2.19. The molecule has 0 bridgehead atoms. The summed E-state index contributed by atoms with van der Waals surface area (Å²) in [7, 11) is 0. The van der Waals surface area contributed by atoms with Crippen LogP contribution in [0.4, 0.5) is 0 Å². The Morgan fingerprint density at radius 3 is 2.56 bits per heavy atom. The quantitative estimate of drug-likeness (QED) is 0.618. The number of rotatable bonds is 9. The molecule has 0 aromatic carbocycles. The molecule has 0 atom stereocenters. The number of hydrogen-bond acceptors (Lipinski definition) is 6. The summed E-state index contributed by atoms with van der Waals surface area (Å²) in [6, 6.07) is 0. The van der Waals surface area contributed by atoms with E-state index in [1.807, 2.05) is 12.4 Å². The van der Waals surface area contributed by atoms with Crippen molar-refractivity contribution in [3.05, 3.63) is 18.2 Å². The zero-order valence-electron chi connectivity index (χ0n) is 15.2. The average molecular weight is 351 g/mol. The number of aromatic nitrogens is 2. The first-order valence-electron chi connectivity index (χ1n) is 8.99. The molecule has 0 radical (unpaired) electrons. The summed E-state index contributed by atoms with van der Waals surface area (Å²) >= 11 is 0. The zero-order valence-corrected chi connectivity index (χ0v) is 15.2. The Morgan fingerprint density at radius 2 is 1.88 bits per heavy atom. The van der Waals surface area contributed by atoms with E-state index in [1.54, 1.807) is 6.92 Å². The number of imidazole rings is 1. The van der Waals surface area contributed by atoms with Gasteiger partial charge in [-0.2, -0.15) is 0 Å². The lowest BCUT2D eigenvalue weighted by atomic mass is 10.3. The SMILES string of the molecule is CCOC(=O)CNC(=O)CN1CCN(CCn2ccnc2CC)CC1. The van der Waals surface area contributed by atoms with E-state index >= 15 is 0 Å². The van der Waals surface area contributed by atoms with Crippen molar-refractivity contribution < 1.29 is 14.3 Å². The van der Waals surface area contributed by atoms with Gasteiger partial charge in [0.25, 0.3) is 0 Å². The van der Waals surface area contributed by atoms with E-state index in [0.717, 1.165) is 51.5 Å². The first kappa shape index (κ1) is 19.4. The third-order valence-corrected chi connectivity index (χ3v) is 4.34. The molecule has 1 saturated heterocycles. The third-order valence-electron chi connectivity index (χ3n) is 4.34. The number of piperazine rings is 1. The molecule has 1 aliphatic rings. The summed E-state index contributed by atoms with van der Waals surface area (Å²) in [4.78, 5) is 32.0. The fourth-order valence-corrected chi connectivity index (χ4v) is 2.92. The van der Waals surface area contributed by atoms with Crippen LogP contribution in [0, 0.1) is 0 Å². The molecule has 1 amide bonds. The van der Waals surface area contributed by atoms with Crippen LogP contribution in [0.5, 0.6) is 0 Å². The van der Waals surface area contributed by atoms with Gasteiger partial charge in [-0.25, -0.2) is 4.98 Å². The van der Waals surface area contributed by atoms with E-state index in [-0.39, 0.29) is 12.5 Å². The fraction of sp³-hybridized carbons (Fsp3) is 0.706. The number of nitrogens with zero attached hydrogens (tertiary/aromatic N) is 4. The van der Waals surface area contributed by atoms with Gasteiger partial charge in [0.1, 0.15) is 12.4 Å². The lowest BCUT2D eigenvalue weighted by Gasteiger charge is -2.34. The number of aryl methyl sites for hydroxylation is 1. The molecule has 1 aliphatic heterocycles. The van der Waals surface area contributed by atoms with Crippen LogP contribution in [0.15, 0.2) is 12.4 Å². The fourth-order valence-electron chi connectivity index (χ4n) is 2.92. The smallest absolute Gasteiger partial charge is 0.325 e. The predicted octanol–water partition coefficient (Wildman–Crippen LogP) is -0.258. The Morgan fingerprint density at radius 1 is 1.16 bits per heavy atom. The molecule has 140 valence electrons. The Labute approximate surface area is 149 Å². The molecule has 0 unspecified atom stereocenters. The van der Waals surface area contributed by atoms with Crippen LogP contribution in [0.25, 0.3) is 0 Å². The Bertz CT molecular complexity index is 552. The number of ether oxygens (including phenoxy) is 1. The summed E-state index contributed by atoms with van der Waals surface area (Å²) in [5, 5.41) is 2.60. The van der Waals surface area contributed by atoms with E-state index in [1.165, 1.54) is 0 Å². The molecule has 0 saturated carbocycles. The summed E-state index contributed by atoms with van der Waals surface area (Å²) in [6.07, 6.45) is 4.83. The summed E-state index contributed by atoms with van der Waals surface area (Å²) < 4.78 is 6.99. The van der Waals surface area contributed by atoms with Crippen LogP contribution in [0.2, 0.25) is 0 Å². The van der Waals surface area contributed by atoms with Crippen molar-refractivity contribution in [1.82, 2.24) is 24.7 Å². The van der Waals surface area contributed by atoms with Crippen molar-refractivity contribution in [1.29, 1.82) is 0 Å². The van der Waals surface area contributed by atoms with Crippen LogP contribution >= 0.6 is 0 Å². The minimum absolute atomic E-state index is 0.0582. The number of amides is 1. The number of nitrogens with one attached hydrogen (secondary N) is 1. The lowest BCUT2D eigenvalue weighted by molar-refractivity contribution is -0.143. The minimum Gasteiger partial charge on any atom is -0.465 e. The van der Waals surface area contributed by atoms with Gasteiger partial charge in [0.05, 0.1) is 13.2 Å². The maximum absolute atomic E-state index is 11.9. The lowest BCUT2D eigenvalue weighted by Crippen LogP contribution is -2.50. The molecule has 8 nitrogen and oxygen atoms in total. The molecular formula is C17H29N5O3. The minimum atomic E-state index is -0.397. The van der Waals surface area contributed by atoms with Crippen molar-refractivity contribution in [3.8, 4) is 0 Å². The van der Waals surface area contributed by atoms with E-state index in [0.29, 0.717) is 13.2 Å². The highest BCUT2D eigenvalue weighted by molar-refractivity contribution is 5.83. The predicted molar refractivity (Wildman–Crippen MR) is 94.1 cm³/mol.